The molecule has 2 heterocycles. The topological polar surface area (TPSA) is 46.3 Å². The van der Waals surface area contributed by atoms with Gasteiger partial charge in [-0.3, -0.25) is 4.79 Å². The van der Waals surface area contributed by atoms with Gasteiger partial charge in [0.15, 0.2) is 0 Å². The summed E-state index contributed by atoms with van der Waals surface area (Å²) in [5, 5.41) is 0. The first-order valence-corrected chi connectivity index (χ1v) is 4.84. The summed E-state index contributed by atoms with van der Waals surface area (Å²) in [7, 11) is 0. The lowest BCUT2D eigenvalue weighted by atomic mass is 10.0. The molecule has 3 heteroatoms. The van der Waals surface area contributed by atoms with Crippen molar-refractivity contribution in [3.05, 3.63) is 0 Å². The van der Waals surface area contributed by atoms with Gasteiger partial charge in [-0.1, -0.05) is 12.8 Å². The van der Waals surface area contributed by atoms with Crippen LogP contribution in [0.5, 0.6) is 0 Å². The molecular formula is C9H16N2O. The number of hydrogen-bond donors (Lipinski definition) is 1. The minimum absolute atomic E-state index is 0.107. The lowest BCUT2D eigenvalue weighted by Gasteiger charge is -2.23. The lowest BCUT2D eigenvalue weighted by molar-refractivity contribution is -0.128. The van der Waals surface area contributed by atoms with Crippen LogP contribution in [0.3, 0.4) is 0 Å². The van der Waals surface area contributed by atoms with E-state index in [1.807, 2.05) is 4.90 Å². The molecule has 3 nitrogen and oxygen atoms in total. The number of amides is 1. The van der Waals surface area contributed by atoms with Crippen molar-refractivity contribution >= 4 is 5.91 Å². The molecule has 2 aliphatic heterocycles. The fraction of sp³-hybridized carbons (Fsp3) is 0.889. The Balaban J connectivity index is 2.12. The lowest BCUT2D eigenvalue weighted by Crippen LogP contribution is -2.39. The van der Waals surface area contributed by atoms with E-state index in [9.17, 15) is 4.79 Å². The van der Waals surface area contributed by atoms with Gasteiger partial charge in [0, 0.05) is 25.0 Å². The summed E-state index contributed by atoms with van der Waals surface area (Å²) in [4.78, 5) is 13.4. The molecule has 2 rings (SSSR count). The molecule has 0 spiro atoms. The van der Waals surface area contributed by atoms with E-state index in [1.165, 1.54) is 12.8 Å². The van der Waals surface area contributed by atoms with Crippen LogP contribution in [0.2, 0.25) is 0 Å². The molecule has 68 valence electrons. The van der Waals surface area contributed by atoms with Gasteiger partial charge < -0.3 is 10.6 Å². The van der Waals surface area contributed by atoms with Gasteiger partial charge in [0.1, 0.15) is 0 Å². The molecule has 2 unspecified atom stereocenters. The summed E-state index contributed by atoms with van der Waals surface area (Å²) < 4.78 is 0. The van der Waals surface area contributed by atoms with Crippen LogP contribution >= 0.6 is 0 Å². The molecule has 0 radical (unpaired) electrons. The Morgan fingerprint density at radius 2 is 2.17 bits per heavy atom. The first-order valence-electron chi connectivity index (χ1n) is 4.84. The summed E-state index contributed by atoms with van der Waals surface area (Å²) in [6, 6.07) is 0.468. The number of carbonyl (C=O) groups excluding carboxylic acids is 1. The Morgan fingerprint density at radius 1 is 1.33 bits per heavy atom. The van der Waals surface area contributed by atoms with E-state index in [0.29, 0.717) is 12.5 Å². The summed E-state index contributed by atoms with van der Waals surface area (Å²) in [6.07, 6.45) is 5.35. The molecule has 2 fully saturated rings. The molecular weight excluding hydrogens is 152 g/mol. The molecule has 2 N–H and O–H groups in total. The zero-order valence-corrected chi connectivity index (χ0v) is 7.33. The molecule has 12 heavy (non-hydrogen) atoms. The zero-order chi connectivity index (χ0) is 8.55. The van der Waals surface area contributed by atoms with Gasteiger partial charge in [0.25, 0.3) is 0 Å². The average Bonchev–Trinajstić information content (AvgIpc) is 2.29. The molecule has 2 aliphatic rings. The Labute approximate surface area is 72.9 Å². The van der Waals surface area contributed by atoms with Crippen LogP contribution in [0.1, 0.15) is 32.1 Å². The Bertz CT molecular complexity index is 193. The van der Waals surface area contributed by atoms with Crippen LogP contribution in [0.4, 0.5) is 0 Å². The third kappa shape index (κ3) is 1.22. The van der Waals surface area contributed by atoms with Crippen molar-refractivity contribution in [1.82, 2.24) is 4.90 Å². The maximum absolute atomic E-state index is 11.4. The number of hydrogen-bond acceptors (Lipinski definition) is 2. The molecule has 2 atom stereocenters. The maximum Gasteiger partial charge on any atom is 0.224 e. The summed E-state index contributed by atoms with van der Waals surface area (Å²) in [6.45, 7) is 0.942. The van der Waals surface area contributed by atoms with E-state index in [-0.39, 0.29) is 11.9 Å². The van der Waals surface area contributed by atoms with E-state index >= 15 is 0 Å². The van der Waals surface area contributed by atoms with E-state index in [4.69, 9.17) is 5.73 Å². The predicted octanol–water partition coefficient (Wildman–Crippen LogP) is 0.489. The first kappa shape index (κ1) is 8.05. The molecule has 0 saturated carbocycles. The standard InChI is InChI=1S/C9H16N2O/c10-7-6-9(12)11-5-3-1-2-4-8(7)11/h7-8H,1-6,10H2. The summed E-state index contributed by atoms with van der Waals surface area (Å²) in [5.74, 6) is 0.273. The normalized spacial score (nSPS) is 36.4. The molecule has 0 aromatic heterocycles. The fourth-order valence-electron chi connectivity index (χ4n) is 2.34. The van der Waals surface area contributed by atoms with Crippen LogP contribution in [-0.2, 0) is 4.79 Å². The Hall–Kier alpha value is -0.570. The quantitative estimate of drug-likeness (QED) is 0.572. The average molecular weight is 168 g/mol. The SMILES string of the molecule is NC1CC(=O)N2CCCCCC12. The second-order valence-corrected chi connectivity index (χ2v) is 3.87. The highest BCUT2D eigenvalue weighted by atomic mass is 16.2. The highest BCUT2D eigenvalue weighted by molar-refractivity contribution is 5.80. The van der Waals surface area contributed by atoms with Crippen molar-refractivity contribution in [2.24, 2.45) is 5.73 Å². The maximum atomic E-state index is 11.4. The summed E-state index contributed by atoms with van der Waals surface area (Å²) in [5.41, 5.74) is 5.89. The molecule has 0 aromatic rings. The summed E-state index contributed by atoms with van der Waals surface area (Å²) >= 11 is 0. The zero-order valence-electron chi connectivity index (χ0n) is 7.33. The molecule has 2 saturated heterocycles. The van der Waals surface area contributed by atoms with E-state index in [2.05, 4.69) is 0 Å². The fourth-order valence-corrected chi connectivity index (χ4v) is 2.34. The van der Waals surface area contributed by atoms with Gasteiger partial charge in [0.2, 0.25) is 5.91 Å². The van der Waals surface area contributed by atoms with Crippen molar-refractivity contribution < 1.29 is 4.79 Å². The molecule has 0 aliphatic carbocycles. The Kier molecular flexibility index (Phi) is 2.05. The monoisotopic (exact) mass is 168 g/mol. The number of carbonyl (C=O) groups is 1. The Morgan fingerprint density at radius 3 is 3.00 bits per heavy atom. The van der Waals surface area contributed by atoms with Gasteiger partial charge >= 0.3 is 0 Å². The molecule has 0 aromatic carbocycles. The van der Waals surface area contributed by atoms with Crippen LogP contribution in [0.15, 0.2) is 0 Å². The van der Waals surface area contributed by atoms with Crippen molar-refractivity contribution in [1.29, 1.82) is 0 Å². The molecule has 0 bridgehead atoms. The third-order valence-corrected chi connectivity index (χ3v) is 3.02. The van der Waals surface area contributed by atoms with Crippen molar-refractivity contribution in [3.63, 3.8) is 0 Å². The van der Waals surface area contributed by atoms with E-state index in [0.717, 1.165) is 19.4 Å². The van der Waals surface area contributed by atoms with Crippen molar-refractivity contribution in [2.75, 3.05) is 6.54 Å². The largest absolute Gasteiger partial charge is 0.338 e. The predicted molar refractivity (Wildman–Crippen MR) is 46.6 cm³/mol. The molecule has 1 amide bonds. The minimum Gasteiger partial charge on any atom is -0.338 e. The van der Waals surface area contributed by atoms with Gasteiger partial charge in [-0.2, -0.15) is 0 Å². The van der Waals surface area contributed by atoms with Gasteiger partial charge in [-0.05, 0) is 12.8 Å². The van der Waals surface area contributed by atoms with Crippen LogP contribution in [0.25, 0.3) is 0 Å². The van der Waals surface area contributed by atoms with E-state index in [1.54, 1.807) is 0 Å². The second kappa shape index (κ2) is 3.05. The highest BCUT2D eigenvalue weighted by Gasteiger charge is 2.37. The van der Waals surface area contributed by atoms with Gasteiger partial charge in [-0.25, -0.2) is 0 Å². The highest BCUT2D eigenvalue weighted by Crippen LogP contribution is 2.26. The number of nitrogens with zero attached hydrogens (tertiary/aromatic N) is 1. The number of rotatable bonds is 0. The van der Waals surface area contributed by atoms with Crippen LogP contribution < -0.4 is 5.73 Å². The van der Waals surface area contributed by atoms with Crippen LogP contribution in [0, 0.1) is 0 Å². The number of nitrogens with two attached hydrogens (primary N) is 1. The second-order valence-electron chi connectivity index (χ2n) is 3.87. The van der Waals surface area contributed by atoms with E-state index < -0.39 is 0 Å². The van der Waals surface area contributed by atoms with Crippen LogP contribution in [-0.4, -0.2) is 29.4 Å². The number of fused-ring (bicyclic) bond motifs is 1. The third-order valence-electron chi connectivity index (χ3n) is 3.02. The smallest absolute Gasteiger partial charge is 0.224 e. The van der Waals surface area contributed by atoms with Gasteiger partial charge in [-0.15, -0.1) is 0 Å². The van der Waals surface area contributed by atoms with Crippen molar-refractivity contribution in [2.45, 2.75) is 44.2 Å². The van der Waals surface area contributed by atoms with Crippen molar-refractivity contribution in [3.8, 4) is 0 Å². The first-order chi connectivity index (χ1) is 5.79. The van der Waals surface area contributed by atoms with Gasteiger partial charge in [0.05, 0.1) is 0 Å². The minimum atomic E-state index is 0.107.